The molecule has 0 spiro atoms. The van der Waals surface area contributed by atoms with Gasteiger partial charge in [0.2, 0.25) is 5.71 Å². The number of amides is 1. The van der Waals surface area contributed by atoms with Gasteiger partial charge in [-0.25, -0.2) is 13.8 Å². The second kappa shape index (κ2) is 8.23. The van der Waals surface area contributed by atoms with E-state index in [1.807, 2.05) is 0 Å². The molecular formula is C28H21ClF2N2O3. The molecule has 5 nitrogen and oxygen atoms in total. The second-order valence-corrected chi connectivity index (χ2v) is 10.2. The van der Waals surface area contributed by atoms with Crippen molar-refractivity contribution < 1.29 is 22.8 Å². The number of fused-ring (bicyclic) bond motifs is 1. The van der Waals surface area contributed by atoms with E-state index < -0.39 is 17.5 Å². The Morgan fingerprint density at radius 1 is 1.06 bits per heavy atom. The molecule has 4 aromatic rings. The zero-order valence-corrected chi connectivity index (χ0v) is 20.1. The van der Waals surface area contributed by atoms with Crippen molar-refractivity contribution in [2.24, 2.45) is 11.3 Å². The molecule has 3 aliphatic carbocycles. The second-order valence-electron chi connectivity index (χ2n) is 9.88. The first kappa shape index (κ1) is 22.9. The molecule has 7 rings (SSSR count). The minimum Gasteiger partial charge on any atom is -0.437 e. The van der Waals surface area contributed by atoms with E-state index in [0.29, 0.717) is 28.5 Å². The van der Waals surface area contributed by atoms with Gasteiger partial charge in [0.1, 0.15) is 22.5 Å². The van der Waals surface area contributed by atoms with E-state index in [1.165, 1.54) is 43.4 Å². The van der Waals surface area contributed by atoms with Crippen LogP contribution in [-0.4, -0.2) is 23.7 Å². The van der Waals surface area contributed by atoms with Crippen molar-refractivity contribution in [1.29, 1.82) is 0 Å². The normalized spacial score (nSPS) is 20.1. The Morgan fingerprint density at radius 3 is 2.42 bits per heavy atom. The van der Waals surface area contributed by atoms with Crippen LogP contribution in [0.2, 0.25) is 5.15 Å². The van der Waals surface area contributed by atoms with Crippen LogP contribution >= 0.6 is 11.6 Å². The number of nitrogens with one attached hydrogen (secondary N) is 1. The standard InChI is InChI=1S/C28H21ClF2N2O3/c1-32-26(35)23-21-9-20(25(29)33-27(21)36-24(23)15-2-4-18(30)5-3-15)16-6-17(8-19(31)7-16)22(34)13-28-10-14(11-28)12-28/h2-9,14H,10-13H2,1H3,(H,32,35). The first-order chi connectivity index (χ1) is 17.2. The highest BCUT2D eigenvalue weighted by Gasteiger charge is 2.56. The lowest BCUT2D eigenvalue weighted by molar-refractivity contribution is -0.103. The van der Waals surface area contributed by atoms with E-state index in [1.54, 1.807) is 12.1 Å². The summed E-state index contributed by atoms with van der Waals surface area (Å²) >= 11 is 6.48. The lowest BCUT2D eigenvalue weighted by atomic mass is 9.43. The maximum absolute atomic E-state index is 14.6. The molecule has 0 saturated heterocycles. The summed E-state index contributed by atoms with van der Waals surface area (Å²) in [5, 5.41) is 2.98. The molecule has 3 aliphatic rings. The quantitative estimate of drug-likeness (QED) is 0.230. The molecule has 8 heteroatoms. The smallest absolute Gasteiger partial charge is 0.255 e. The van der Waals surface area contributed by atoms with E-state index in [0.717, 1.165) is 25.2 Å². The van der Waals surface area contributed by atoms with Gasteiger partial charge in [-0.1, -0.05) is 11.6 Å². The lowest BCUT2D eigenvalue weighted by Gasteiger charge is -2.62. The Hall–Kier alpha value is -3.58. The van der Waals surface area contributed by atoms with Crippen molar-refractivity contribution in [3.63, 3.8) is 0 Å². The van der Waals surface area contributed by atoms with Crippen molar-refractivity contribution in [3.8, 4) is 22.5 Å². The maximum atomic E-state index is 14.6. The number of ketones is 1. The van der Waals surface area contributed by atoms with Gasteiger partial charge >= 0.3 is 0 Å². The highest BCUT2D eigenvalue weighted by Crippen LogP contribution is 2.66. The van der Waals surface area contributed by atoms with Gasteiger partial charge in [0, 0.05) is 30.2 Å². The van der Waals surface area contributed by atoms with Crippen LogP contribution in [0.25, 0.3) is 33.6 Å². The van der Waals surface area contributed by atoms with E-state index >= 15 is 0 Å². The van der Waals surface area contributed by atoms with Crippen molar-refractivity contribution in [3.05, 3.63) is 76.4 Å². The molecule has 3 saturated carbocycles. The largest absolute Gasteiger partial charge is 0.437 e. The number of rotatable bonds is 6. The average molecular weight is 507 g/mol. The molecule has 2 bridgehead atoms. The Balaban J connectivity index is 1.46. The van der Waals surface area contributed by atoms with E-state index in [-0.39, 0.29) is 39.0 Å². The third-order valence-electron chi connectivity index (χ3n) is 7.43. The summed E-state index contributed by atoms with van der Waals surface area (Å²) in [5.74, 6) is -0.551. The van der Waals surface area contributed by atoms with Gasteiger partial charge in [-0.2, -0.15) is 0 Å². The van der Waals surface area contributed by atoms with E-state index in [2.05, 4.69) is 10.3 Å². The number of nitrogens with zero attached hydrogens (tertiary/aromatic N) is 1. The number of pyridine rings is 1. The number of halogens is 3. The topological polar surface area (TPSA) is 72.2 Å². The number of hydrogen-bond acceptors (Lipinski definition) is 4. The first-order valence-electron chi connectivity index (χ1n) is 11.7. The average Bonchev–Trinajstić information content (AvgIpc) is 3.17. The fourth-order valence-electron chi connectivity index (χ4n) is 5.58. The maximum Gasteiger partial charge on any atom is 0.255 e. The highest BCUT2D eigenvalue weighted by atomic mass is 35.5. The monoisotopic (exact) mass is 506 g/mol. The Labute approximate surface area is 210 Å². The molecule has 182 valence electrons. The van der Waals surface area contributed by atoms with E-state index in [9.17, 15) is 18.4 Å². The van der Waals surface area contributed by atoms with Gasteiger partial charge in [0.05, 0.1) is 10.9 Å². The van der Waals surface area contributed by atoms with Crippen LogP contribution in [-0.2, 0) is 0 Å². The van der Waals surface area contributed by atoms with Gasteiger partial charge in [-0.05, 0) is 84.7 Å². The third kappa shape index (κ3) is 3.69. The SMILES string of the molecule is CNC(=O)c1c(-c2ccc(F)cc2)oc2nc(Cl)c(-c3cc(F)cc(C(=O)CC45CC(C4)C5)c3)cc12. The minimum atomic E-state index is -0.560. The molecule has 2 aromatic heterocycles. The number of furan rings is 1. The highest BCUT2D eigenvalue weighted by molar-refractivity contribution is 6.33. The Bertz CT molecular complexity index is 1540. The number of carbonyl (C=O) groups is 2. The molecule has 0 unspecified atom stereocenters. The van der Waals surface area contributed by atoms with Crippen molar-refractivity contribution in [1.82, 2.24) is 10.3 Å². The Morgan fingerprint density at radius 2 is 1.78 bits per heavy atom. The Kier molecular flexibility index (Phi) is 5.23. The summed E-state index contributed by atoms with van der Waals surface area (Å²) in [5.41, 5.74) is 1.92. The molecule has 0 atom stereocenters. The van der Waals surface area contributed by atoms with Gasteiger partial charge in [0.15, 0.2) is 5.78 Å². The summed E-state index contributed by atoms with van der Waals surface area (Å²) in [6.07, 6.45) is 3.65. The predicted molar refractivity (Wildman–Crippen MR) is 132 cm³/mol. The number of benzene rings is 2. The molecule has 2 heterocycles. The number of Topliss-reactive ketones (excluding diaryl/α,β-unsaturated/α-hetero) is 1. The van der Waals surface area contributed by atoms with E-state index in [4.69, 9.17) is 16.0 Å². The summed E-state index contributed by atoms with van der Waals surface area (Å²) in [7, 11) is 1.48. The molecule has 3 fully saturated rings. The minimum absolute atomic E-state index is 0.0359. The third-order valence-corrected chi connectivity index (χ3v) is 7.72. The van der Waals surface area contributed by atoms with Crippen LogP contribution in [0.5, 0.6) is 0 Å². The zero-order chi connectivity index (χ0) is 25.2. The fourth-order valence-corrected chi connectivity index (χ4v) is 5.82. The number of aromatic nitrogens is 1. The summed E-state index contributed by atoms with van der Waals surface area (Å²) < 4.78 is 34.0. The molecule has 36 heavy (non-hydrogen) atoms. The molecule has 0 aliphatic heterocycles. The van der Waals surface area contributed by atoms with Gasteiger partial charge in [0.25, 0.3) is 5.91 Å². The summed E-state index contributed by atoms with van der Waals surface area (Å²) in [4.78, 5) is 30.1. The van der Waals surface area contributed by atoms with Gasteiger partial charge in [-0.3, -0.25) is 9.59 Å². The van der Waals surface area contributed by atoms with Gasteiger partial charge < -0.3 is 9.73 Å². The molecule has 2 aromatic carbocycles. The van der Waals surface area contributed by atoms with Crippen LogP contribution < -0.4 is 5.32 Å². The summed E-state index contributed by atoms with van der Waals surface area (Å²) in [6, 6.07) is 11.3. The van der Waals surface area contributed by atoms with Crippen molar-refractivity contribution in [2.45, 2.75) is 25.7 Å². The van der Waals surface area contributed by atoms with Crippen LogP contribution in [0.4, 0.5) is 8.78 Å². The molecular weight excluding hydrogens is 486 g/mol. The summed E-state index contributed by atoms with van der Waals surface area (Å²) in [6.45, 7) is 0. The van der Waals surface area contributed by atoms with Crippen LogP contribution in [0.3, 0.4) is 0 Å². The van der Waals surface area contributed by atoms with Crippen LogP contribution in [0.1, 0.15) is 46.4 Å². The number of carbonyl (C=O) groups excluding carboxylic acids is 2. The predicted octanol–water partition coefficient (Wildman–Crippen LogP) is 6.83. The fraction of sp³-hybridized carbons (Fsp3) is 0.250. The molecule has 0 radical (unpaired) electrons. The van der Waals surface area contributed by atoms with Crippen molar-refractivity contribution in [2.75, 3.05) is 7.05 Å². The molecule has 1 N–H and O–H groups in total. The van der Waals surface area contributed by atoms with Crippen molar-refractivity contribution >= 4 is 34.4 Å². The first-order valence-corrected chi connectivity index (χ1v) is 12.1. The zero-order valence-electron chi connectivity index (χ0n) is 19.3. The lowest BCUT2D eigenvalue weighted by Crippen LogP contribution is -2.52. The van der Waals surface area contributed by atoms with Crippen LogP contribution in [0, 0.1) is 23.0 Å². The molecule has 1 amide bonds. The van der Waals surface area contributed by atoms with Crippen LogP contribution in [0.15, 0.2) is 52.9 Å². The van der Waals surface area contributed by atoms with Gasteiger partial charge in [-0.15, -0.1) is 0 Å². The number of hydrogen-bond donors (Lipinski definition) is 1.